The van der Waals surface area contributed by atoms with E-state index in [1.54, 1.807) is 30.6 Å². The maximum Gasteiger partial charge on any atom is 0.255 e. The van der Waals surface area contributed by atoms with E-state index in [-0.39, 0.29) is 5.91 Å². The summed E-state index contributed by atoms with van der Waals surface area (Å²) in [4.78, 5) is 30.3. The number of morpholine rings is 1. The normalized spacial score (nSPS) is 13.3. The highest BCUT2D eigenvalue weighted by Crippen LogP contribution is 2.25. The molecule has 34 heavy (non-hydrogen) atoms. The Labute approximate surface area is 199 Å². The van der Waals surface area contributed by atoms with Crippen LogP contribution in [0.4, 0.5) is 29.0 Å². The molecular weight excluding hydrogens is 430 g/mol. The molecule has 1 amide bonds. The molecule has 0 unspecified atom stereocenters. The van der Waals surface area contributed by atoms with Crippen LogP contribution in [0.3, 0.4) is 0 Å². The number of anilines is 5. The van der Waals surface area contributed by atoms with Gasteiger partial charge < -0.3 is 25.2 Å². The molecular formula is C25H29N7O2. The zero-order chi connectivity index (χ0) is 23.9. The lowest BCUT2D eigenvalue weighted by Crippen LogP contribution is -2.36. The lowest BCUT2D eigenvalue weighted by atomic mass is 10.1. The van der Waals surface area contributed by atoms with Gasteiger partial charge in [-0.2, -0.15) is 4.98 Å². The van der Waals surface area contributed by atoms with Crippen LogP contribution in [0.15, 0.2) is 61.4 Å². The smallest absolute Gasteiger partial charge is 0.255 e. The number of pyridine rings is 1. The highest BCUT2D eigenvalue weighted by molar-refractivity contribution is 6.05. The van der Waals surface area contributed by atoms with Crippen molar-refractivity contribution in [3.63, 3.8) is 0 Å². The van der Waals surface area contributed by atoms with Gasteiger partial charge in [0.15, 0.2) is 0 Å². The Balaban J connectivity index is 1.48. The molecule has 0 atom stereocenters. The van der Waals surface area contributed by atoms with Crippen molar-refractivity contribution < 1.29 is 9.53 Å². The third kappa shape index (κ3) is 5.68. The van der Waals surface area contributed by atoms with E-state index in [0.717, 1.165) is 30.2 Å². The van der Waals surface area contributed by atoms with Crippen molar-refractivity contribution in [1.29, 1.82) is 0 Å². The Kier molecular flexibility index (Phi) is 7.34. The summed E-state index contributed by atoms with van der Waals surface area (Å²) in [7, 11) is 1.91. The Morgan fingerprint density at radius 2 is 1.97 bits per heavy atom. The van der Waals surface area contributed by atoms with Crippen molar-refractivity contribution in [1.82, 2.24) is 15.0 Å². The largest absolute Gasteiger partial charge is 0.378 e. The topological polar surface area (TPSA) is 95.5 Å². The standard InChI is InChI=1S/C25H29N7O2/c1-4-11-31(3)25-27-10-8-22(30-25)29-21-17-20(6-5-18(21)2)28-24(33)19-7-9-26-23(16-19)32-12-14-34-15-13-32/h4-10,16-17H,1,11-15H2,2-3H3,(H,28,33)(H,27,29,30). The van der Waals surface area contributed by atoms with E-state index in [4.69, 9.17) is 4.74 Å². The summed E-state index contributed by atoms with van der Waals surface area (Å²) in [6.45, 7) is 9.25. The van der Waals surface area contributed by atoms with Crippen LogP contribution in [0, 0.1) is 6.92 Å². The fourth-order valence-electron chi connectivity index (χ4n) is 3.58. The number of benzene rings is 1. The Morgan fingerprint density at radius 3 is 2.76 bits per heavy atom. The summed E-state index contributed by atoms with van der Waals surface area (Å²) in [5.41, 5.74) is 3.10. The SMILES string of the molecule is C=CCN(C)c1nccc(Nc2cc(NC(=O)c3ccnc(N4CCOCC4)c3)ccc2C)n1. The number of amides is 1. The van der Waals surface area contributed by atoms with Gasteiger partial charge in [-0.15, -0.1) is 6.58 Å². The van der Waals surface area contributed by atoms with Crippen molar-refractivity contribution in [2.24, 2.45) is 0 Å². The second-order valence-corrected chi connectivity index (χ2v) is 8.02. The molecule has 3 aromatic rings. The van der Waals surface area contributed by atoms with E-state index >= 15 is 0 Å². The summed E-state index contributed by atoms with van der Waals surface area (Å²) in [6, 6.07) is 11.1. The molecule has 0 bridgehead atoms. The van der Waals surface area contributed by atoms with Gasteiger partial charge in [-0.05, 0) is 42.8 Å². The van der Waals surface area contributed by atoms with Crippen molar-refractivity contribution in [2.45, 2.75) is 6.92 Å². The monoisotopic (exact) mass is 459 g/mol. The number of nitrogens with zero attached hydrogens (tertiary/aromatic N) is 5. The van der Waals surface area contributed by atoms with Crippen LogP contribution < -0.4 is 20.4 Å². The Bertz CT molecular complexity index is 1160. The van der Waals surface area contributed by atoms with Crippen LogP contribution in [-0.2, 0) is 4.74 Å². The van der Waals surface area contributed by atoms with Crippen molar-refractivity contribution >= 4 is 34.9 Å². The van der Waals surface area contributed by atoms with Gasteiger partial charge in [0.2, 0.25) is 5.95 Å². The Hall–Kier alpha value is -3.98. The molecule has 0 saturated carbocycles. The van der Waals surface area contributed by atoms with E-state index in [0.29, 0.717) is 42.8 Å². The quantitative estimate of drug-likeness (QED) is 0.493. The maximum atomic E-state index is 12.9. The van der Waals surface area contributed by atoms with Gasteiger partial charge >= 0.3 is 0 Å². The molecule has 1 aliphatic heterocycles. The summed E-state index contributed by atoms with van der Waals surface area (Å²) >= 11 is 0. The number of rotatable bonds is 8. The molecule has 0 aliphatic carbocycles. The fourth-order valence-corrected chi connectivity index (χ4v) is 3.58. The van der Waals surface area contributed by atoms with Crippen LogP contribution in [0.5, 0.6) is 0 Å². The number of aryl methyl sites for hydroxylation is 1. The maximum absolute atomic E-state index is 12.9. The van der Waals surface area contributed by atoms with Crippen LogP contribution in [0.25, 0.3) is 0 Å². The van der Waals surface area contributed by atoms with E-state index in [2.05, 4.69) is 37.1 Å². The number of carbonyl (C=O) groups excluding carboxylic acids is 1. The first-order valence-electron chi connectivity index (χ1n) is 11.2. The lowest BCUT2D eigenvalue weighted by molar-refractivity contribution is 0.102. The highest BCUT2D eigenvalue weighted by atomic mass is 16.5. The average molecular weight is 460 g/mol. The van der Waals surface area contributed by atoms with E-state index < -0.39 is 0 Å². The number of nitrogens with one attached hydrogen (secondary N) is 2. The number of hydrogen-bond donors (Lipinski definition) is 2. The van der Waals surface area contributed by atoms with Crippen molar-refractivity contribution in [3.05, 3.63) is 72.6 Å². The molecule has 4 rings (SSSR count). The highest BCUT2D eigenvalue weighted by Gasteiger charge is 2.15. The van der Waals surface area contributed by atoms with Gasteiger partial charge in [0.25, 0.3) is 5.91 Å². The van der Waals surface area contributed by atoms with Crippen LogP contribution in [-0.4, -0.2) is 60.8 Å². The lowest BCUT2D eigenvalue weighted by Gasteiger charge is -2.27. The van der Waals surface area contributed by atoms with Gasteiger partial charge in [-0.3, -0.25) is 4.79 Å². The van der Waals surface area contributed by atoms with Crippen molar-refractivity contribution in [2.75, 3.05) is 60.3 Å². The number of hydrogen-bond acceptors (Lipinski definition) is 8. The van der Waals surface area contributed by atoms with Gasteiger partial charge in [0.05, 0.1) is 13.2 Å². The molecule has 1 fully saturated rings. The second kappa shape index (κ2) is 10.8. The minimum absolute atomic E-state index is 0.193. The van der Waals surface area contributed by atoms with Crippen LogP contribution in [0.2, 0.25) is 0 Å². The molecule has 0 spiro atoms. The first kappa shape index (κ1) is 23.2. The predicted molar refractivity (Wildman–Crippen MR) is 135 cm³/mol. The summed E-state index contributed by atoms with van der Waals surface area (Å²) in [5.74, 6) is 1.85. The summed E-state index contributed by atoms with van der Waals surface area (Å²) in [6.07, 6.45) is 5.17. The number of aromatic nitrogens is 3. The number of ether oxygens (including phenoxy) is 1. The van der Waals surface area contributed by atoms with Crippen LogP contribution in [0.1, 0.15) is 15.9 Å². The zero-order valence-corrected chi connectivity index (χ0v) is 19.5. The minimum Gasteiger partial charge on any atom is -0.378 e. The first-order chi connectivity index (χ1) is 16.5. The first-order valence-corrected chi connectivity index (χ1v) is 11.2. The molecule has 9 heteroatoms. The minimum atomic E-state index is -0.193. The summed E-state index contributed by atoms with van der Waals surface area (Å²) < 4.78 is 5.40. The molecule has 2 aromatic heterocycles. The molecule has 1 aromatic carbocycles. The van der Waals surface area contributed by atoms with Gasteiger partial charge in [-0.25, -0.2) is 9.97 Å². The van der Waals surface area contributed by atoms with Gasteiger partial charge in [-0.1, -0.05) is 12.1 Å². The van der Waals surface area contributed by atoms with E-state index in [1.807, 2.05) is 43.1 Å². The predicted octanol–water partition coefficient (Wildman–Crippen LogP) is 3.63. The molecule has 3 heterocycles. The molecule has 0 radical (unpaired) electrons. The number of carbonyl (C=O) groups is 1. The van der Waals surface area contributed by atoms with E-state index in [9.17, 15) is 4.79 Å². The van der Waals surface area contributed by atoms with Crippen molar-refractivity contribution in [3.8, 4) is 0 Å². The molecule has 9 nitrogen and oxygen atoms in total. The van der Waals surface area contributed by atoms with Gasteiger partial charge in [0, 0.05) is 56.0 Å². The molecule has 176 valence electrons. The fraction of sp³-hybridized carbons (Fsp3) is 0.280. The van der Waals surface area contributed by atoms with Gasteiger partial charge in [0.1, 0.15) is 11.6 Å². The Morgan fingerprint density at radius 1 is 1.18 bits per heavy atom. The third-order valence-electron chi connectivity index (χ3n) is 5.49. The zero-order valence-electron chi connectivity index (χ0n) is 19.5. The third-order valence-corrected chi connectivity index (χ3v) is 5.49. The second-order valence-electron chi connectivity index (χ2n) is 8.02. The molecule has 2 N–H and O–H groups in total. The number of likely N-dealkylation sites (N-methyl/N-ethyl adjacent to an activating group) is 1. The average Bonchev–Trinajstić information content (AvgIpc) is 2.87. The molecule has 1 aliphatic rings. The summed E-state index contributed by atoms with van der Waals surface area (Å²) in [5, 5.41) is 6.32. The van der Waals surface area contributed by atoms with Crippen LogP contribution >= 0.6 is 0 Å². The molecule has 1 saturated heterocycles. The van der Waals surface area contributed by atoms with E-state index in [1.165, 1.54) is 0 Å².